The number of ether oxygens (including phenoxy) is 1. The molecule has 25 heavy (non-hydrogen) atoms. The van der Waals surface area contributed by atoms with Crippen LogP contribution in [-0.2, 0) is 27.3 Å². The Morgan fingerprint density at radius 3 is 2.72 bits per heavy atom. The van der Waals surface area contributed by atoms with E-state index in [1.165, 1.54) is 13.2 Å². The molecule has 0 spiro atoms. The van der Waals surface area contributed by atoms with Crippen LogP contribution in [0.2, 0.25) is 0 Å². The highest BCUT2D eigenvalue weighted by molar-refractivity contribution is 5.98. The van der Waals surface area contributed by atoms with Gasteiger partial charge >= 0.3 is 5.97 Å². The highest BCUT2D eigenvalue weighted by Gasteiger charge is 2.42. The molecule has 2 amide bonds. The summed E-state index contributed by atoms with van der Waals surface area (Å²) >= 11 is 0. The number of cyclic esters (lactones) is 1. The van der Waals surface area contributed by atoms with E-state index >= 15 is 0 Å². The highest BCUT2D eigenvalue weighted by Crippen LogP contribution is 2.28. The van der Waals surface area contributed by atoms with Gasteiger partial charge in [0.2, 0.25) is 5.91 Å². The maximum absolute atomic E-state index is 12.4. The van der Waals surface area contributed by atoms with Crippen molar-refractivity contribution in [2.24, 2.45) is 0 Å². The van der Waals surface area contributed by atoms with E-state index in [9.17, 15) is 14.4 Å². The number of carbonyl (C=O) groups excluding carboxylic acids is 3. The van der Waals surface area contributed by atoms with E-state index in [2.05, 4.69) is 10.6 Å². The second-order valence-corrected chi connectivity index (χ2v) is 5.99. The van der Waals surface area contributed by atoms with Crippen molar-refractivity contribution < 1.29 is 23.5 Å². The molecular formula is C18H18N2O5. The maximum Gasteiger partial charge on any atom is 0.339 e. The van der Waals surface area contributed by atoms with Crippen molar-refractivity contribution in [3.63, 3.8) is 0 Å². The number of furan rings is 1. The molecule has 1 aromatic carbocycles. The van der Waals surface area contributed by atoms with Crippen LogP contribution in [-0.4, -0.2) is 29.9 Å². The van der Waals surface area contributed by atoms with Gasteiger partial charge < -0.3 is 19.8 Å². The van der Waals surface area contributed by atoms with Gasteiger partial charge in [-0.05, 0) is 30.7 Å². The number of hydrogen-bond donors (Lipinski definition) is 2. The number of fused-ring (bicyclic) bond motifs is 1. The van der Waals surface area contributed by atoms with Crippen molar-refractivity contribution >= 4 is 17.8 Å². The van der Waals surface area contributed by atoms with Crippen LogP contribution in [0.3, 0.4) is 0 Å². The third-order valence-corrected chi connectivity index (χ3v) is 4.01. The molecule has 1 unspecified atom stereocenters. The monoisotopic (exact) mass is 342 g/mol. The van der Waals surface area contributed by atoms with Crippen LogP contribution in [0.4, 0.5) is 0 Å². The number of nitrogens with one attached hydrogen (secondary N) is 2. The van der Waals surface area contributed by atoms with Crippen molar-refractivity contribution in [3.8, 4) is 0 Å². The second-order valence-electron chi connectivity index (χ2n) is 5.99. The van der Waals surface area contributed by atoms with Crippen LogP contribution in [0.15, 0.2) is 47.1 Å². The molecule has 0 fully saturated rings. The lowest BCUT2D eigenvalue weighted by atomic mass is 9.89. The summed E-state index contributed by atoms with van der Waals surface area (Å²) in [5.41, 5.74) is -0.130. The maximum atomic E-state index is 12.4. The predicted octanol–water partition coefficient (Wildman–Crippen LogP) is 1.18. The summed E-state index contributed by atoms with van der Waals surface area (Å²) in [5.74, 6) is -0.800. The topological polar surface area (TPSA) is 97.6 Å². The van der Waals surface area contributed by atoms with Gasteiger partial charge in [0.05, 0.1) is 24.9 Å². The van der Waals surface area contributed by atoms with E-state index in [1.807, 2.05) is 0 Å². The average molecular weight is 342 g/mol. The third kappa shape index (κ3) is 3.71. The van der Waals surface area contributed by atoms with Crippen LogP contribution in [0.5, 0.6) is 0 Å². The first-order chi connectivity index (χ1) is 12.0. The molecule has 7 heteroatoms. The van der Waals surface area contributed by atoms with Gasteiger partial charge in [0.25, 0.3) is 5.91 Å². The molecule has 1 aromatic heterocycles. The molecule has 2 N–H and O–H groups in total. The zero-order valence-electron chi connectivity index (χ0n) is 13.7. The van der Waals surface area contributed by atoms with E-state index in [-0.39, 0.29) is 25.4 Å². The number of carbonyl (C=O) groups is 3. The summed E-state index contributed by atoms with van der Waals surface area (Å²) in [6.07, 6.45) is 1.77. The van der Waals surface area contributed by atoms with Crippen molar-refractivity contribution in [1.82, 2.24) is 10.6 Å². The Morgan fingerprint density at radius 1 is 1.16 bits per heavy atom. The first-order valence-electron chi connectivity index (χ1n) is 7.86. The van der Waals surface area contributed by atoms with Crippen molar-refractivity contribution in [2.75, 3.05) is 6.54 Å². The van der Waals surface area contributed by atoms with Crippen molar-refractivity contribution in [2.45, 2.75) is 25.5 Å². The van der Waals surface area contributed by atoms with Crippen LogP contribution in [0, 0.1) is 0 Å². The Bertz CT molecular complexity index is 800. The van der Waals surface area contributed by atoms with Crippen LogP contribution < -0.4 is 10.6 Å². The number of benzene rings is 1. The van der Waals surface area contributed by atoms with Gasteiger partial charge in [-0.3, -0.25) is 9.59 Å². The Morgan fingerprint density at radius 2 is 1.96 bits per heavy atom. The number of esters is 1. The fraction of sp³-hybridized carbons (Fsp3) is 0.278. The minimum atomic E-state index is -1.34. The van der Waals surface area contributed by atoms with Crippen molar-refractivity contribution in [3.05, 3.63) is 59.5 Å². The molecule has 0 saturated heterocycles. The van der Waals surface area contributed by atoms with Gasteiger partial charge in [0, 0.05) is 6.42 Å². The van der Waals surface area contributed by atoms with Gasteiger partial charge in [0.15, 0.2) is 5.60 Å². The molecule has 0 aliphatic carbocycles. The van der Waals surface area contributed by atoms with Crippen molar-refractivity contribution in [1.29, 1.82) is 0 Å². The molecule has 1 aliphatic rings. The fourth-order valence-electron chi connectivity index (χ4n) is 2.67. The zero-order chi connectivity index (χ0) is 17.9. The largest absolute Gasteiger partial charge is 0.467 e. The first kappa shape index (κ1) is 16.8. The Labute approximate surface area is 144 Å². The molecule has 130 valence electrons. The van der Waals surface area contributed by atoms with Gasteiger partial charge in [-0.2, -0.15) is 0 Å². The summed E-state index contributed by atoms with van der Waals surface area (Å²) < 4.78 is 10.4. The summed E-state index contributed by atoms with van der Waals surface area (Å²) in [6.45, 7) is 1.56. The minimum absolute atomic E-state index is 0.214. The molecular weight excluding hydrogens is 324 g/mol. The average Bonchev–Trinajstić information content (AvgIpc) is 3.11. The third-order valence-electron chi connectivity index (χ3n) is 4.01. The molecule has 7 nitrogen and oxygen atoms in total. The number of hydrogen-bond acceptors (Lipinski definition) is 5. The molecule has 3 rings (SSSR count). The minimum Gasteiger partial charge on any atom is -0.467 e. The number of rotatable bonds is 5. The second kappa shape index (κ2) is 6.80. The van der Waals surface area contributed by atoms with E-state index in [0.29, 0.717) is 11.3 Å². The summed E-state index contributed by atoms with van der Waals surface area (Å²) in [5, 5.41) is 5.14. The fourth-order valence-corrected chi connectivity index (χ4v) is 2.67. The summed E-state index contributed by atoms with van der Waals surface area (Å²) in [7, 11) is 0. The highest BCUT2D eigenvalue weighted by atomic mass is 16.6. The quantitative estimate of drug-likeness (QED) is 0.795. The Balaban J connectivity index is 1.56. The lowest BCUT2D eigenvalue weighted by Crippen LogP contribution is -2.53. The van der Waals surface area contributed by atoms with Gasteiger partial charge in [-0.15, -0.1) is 0 Å². The normalized spacial score (nSPS) is 18.8. The van der Waals surface area contributed by atoms with Crippen LogP contribution in [0.1, 0.15) is 28.6 Å². The zero-order valence-corrected chi connectivity index (χ0v) is 13.7. The SMILES string of the molecule is CC1(C(=O)NCC(=O)NCc2ccco2)Cc2ccccc2C(=O)O1. The molecule has 2 aromatic rings. The summed E-state index contributed by atoms with van der Waals surface area (Å²) in [6, 6.07) is 10.5. The standard InChI is InChI=1S/C18H18N2O5/c1-18(9-12-5-2-3-7-14(12)16(22)25-18)17(23)20-11-15(21)19-10-13-6-4-8-24-13/h2-8H,9-11H2,1H3,(H,19,21)(H,20,23). The van der Waals surface area contributed by atoms with E-state index in [0.717, 1.165) is 5.56 Å². The molecule has 2 heterocycles. The first-order valence-corrected chi connectivity index (χ1v) is 7.86. The van der Waals surface area contributed by atoms with Crippen LogP contribution >= 0.6 is 0 Å². The lowest BCUT2D eigenvalue weighted by Gasteiger charge is -2.32. The molecule has 0 saturated carbocycles. The van der Waals surface area contributed by atoms with Crippen LogP contribution in [0.25, 0.3) is 0 Å². The summed E-state index contributed by atoms with van der Waals surface area (Å²) in [4.78, 5) is 36.3. The molecule has 0 bridgehead atoms. The lowest BCUT2D eigenvalue weighted by molar-refractivity contribution is -0.141. The predicted molar refractivity (Wildman–Crippen MR) is 87.5 cm³/mol. The van der Waals surface area contributed by atoms with E-state index in [4.69, 9.17) is 9.15 Å². The van der Waals surface area contributed by atoms with E-state index < -0.39 is 17.5 Å². The number of amides is 2. The van der Waals surface area contributed by atoms with Gasteiger partial charge in [0.1, 0.15) is 5.76 Å². The Hall–Kier alpha value is -3.09. The Kier molecular flexibility index (Phi) is 4.56. The van der Waals surface area contributed by atoms with Gasteiger partial charge in [-0.1, -0.05) is 18.2 Å². The molecule has 0 radical (unpaired) electrons. The molecule has 1 atom stereocenters. The molecule has 1 aliphatic heterocycles. The smallest absolute Gasteiger partial charge is 0.339 e. The van der Waals surface area contributed by atoms with Gasteiger partial charge in [-0.25, -0.2) is 4.79 Å². The van der Waals surface area contributed by atoms with E-state index in [1.54, 1.807) is 36.4 Å².